The molecule has 5 nitrogen and oxygen atoms in total. The summed E-state index contributed by atoms with van der Waals surface area (Å²) in [4.78, 5) is 11.8. The molecule has 24 heavy (non-hydrogen) atoms. The molecular formula is C17H13Cl2NO4. The van der Waals surface area contributed by atoms with Gasteiger partial charge in [-0.3, -0.25) is 0 Å². The van der Waals surface area contributed by atoms with E-state index in [2.05, 4.69) is 0 Å². The molecule has 0 saturated carbocycles. The average Bonchev–Trinajstić information content (AvgIpc) is 2.84. The van der Waals surface area contributed by atoms with Crippen LogP contribution in [-0.2, 0) is 6.54 Å². The summed E-state index contributed by atoms with van der Waals surface area (Å²) in [6.45, 7) is 0.267. The third-order valence-electron chi connectivity index (χ3n) is 3.73. The molecule has 124 valence electrons. The van der Waals surface area contributed by atoms with Gasteiger partial charge in [-0.15, -0.1) is 0 Å². The number of halogens is 2. The molecule has 2 N–H and O–H groups in total. The molecule has 1 aromatic heterocycles. The Balaban J connectivity index is 2.23. The van der Waals surface area contributed by atoms with E-state index in [1.54, 1.807) is 28.8 Å². The lowest BCUT2D eigenvalue weighted by atomic mass is 10.2. The van der Waals surface area contributed by atoms with E-state index in [-0.39, 0.29) is 23.7 Å². The maximum atomic E-state index is 11.8. The maximum absolute atomic E-state index is 11.8. The molecular weight excluding hydrogens is 353 g/mol. The molecule has 0 atom stereocenters. The van der Waals surface area contributed by atoms with E-state index in [4.69, 9.17) is 27.9 Å². The van der Waals surface area contributed by atoms with Crippen LogP contribution in [0, 0.1) is 0 Å². The van der Waals surface area contributed by atoms with Crippen molar-refractivity contribution in [1.29, 1.82) is 0 Å². The van der Waals surface area contributed by atoms with Crippen LogP contribution in [0.3, 0.4) is 0 Å². The van der Waals surface area contributed by atoms with Crippen molar-refractivity contribution in [2.75, 3.05) is 7.11 Å². The summed E-state index contributed by atoms with van der Waals surface area (Å²) in [5.74, 6) is -0.888. The Labute approximate surface area is 147 Å². The summed E-state index contributed by atoms with van der Waals surface area (Å²) >= 11 is 12.0. The van der Waals surface area contributed by atoms with E-state index in [1.165, 1.54) is 19.2 Å². The number of aromatic nitrogens is 1. The van der Waals surface area contributed by atoms with Crippen molar-refractivity contribution in [2.24, 2.45) is 0 Å². The second-order valence-corrected chi connectivity index (χ2v) is 6.04. The fourth-order valence-corrected chi connectivity index (χ4v) is 3.04. The van der Waals surface area contributed by atoms with Gasteiger partial charge in [-0.05, 0) is 35.9 Å². The van der Waals surface area contributed by atoms with Crippen LogP contribution < -0.4 is 4.74 Å². The predicted molar refractivity (Wildman–Crippen MR) is 92.7 cm³/mol. The van der Waals surface area contributed by atoms with Gasteiger partial charge in [0.2, 0.25) is 0 Å². The van der Waals surface area contributed by atoms with Crippen molar-refractivity contribution in [2.45, 2.75) is 6.54 Å². The van der Waals surface area contributed by atoms with Crippen LogP contribution in [0.15, 0.2) is 36.4 Å². The number of carbonyl (C=O) groups is 1. The van der Waals surface area contributed by atoms with Crippen molar-refractivity contribution in [3.8, 4) is 11.5 Å². The van der Waals surface area contributed by atoms with E-state index in [1.807, 2.05) is 0 Å². The second kappa shape index (κ2) is 6.26. The molecule has 0 bridgehead atoms. The summed E-state index contributed by atoms with van der Waals surface area (Å²) in [6.07, 6.45) is 0. The van der Waals surface area contributed by atoms with E-state index in [0.29, 0.717) is 20.9 Å². The number of hydrogen-bond donors (Lipinski definition) is 2. The van der Waals surface area contributed by atoms with Crippen molar-refractivity contribution in [1.82, 2.24) is 4.57 Å². The zero-order valence-corrected chi connectivity index (χ0v) is 14.1. The molecule has 3 rings (SSSR count). The number of aromatic carboxylic acids is 1. The highest BCUT2D eigenvalue weighted by Gasteiger charge is 2.24. The largest absolute Gasteiger partial charge is 0.508 e. The normalized spacial score (nSPS) is 11.0. The van der Waals surface area contributed by atoms with Crippen molar-refractivity contribution in [3.05, 3.63) is 57.7 Å². The number of rotatable bonds is 4. The highest BCUT2D eigenvalue weighted by Crippen LogP contribution is 2.36. The maximum Gasteiger partial charge on any atom is 0.356 e. The minimum Gasteiger partial charge on any atom is -0.508 e. The lowest BCUT2D eigenvalue weighted by molar-refractivity contribution is 0.0682. The Morgan fingerprint density at radius 3 is 2.54 bits per heavy atom. The van der Waals surface area contributed by atoms with Crippen LogP contribution in [0.5, 0.6) is 11.5 Å². The van der Waals surface area contributed by atoms with Crippen LogP contribution in [0.25, 0.3) is 10.9 Å². The number of aromatic hydroxyl groups is 1. The highest BCUT2D eigenvalue weighted by molar-refractivity contribution is 6.42. The third kappa shape index (κ3) is 2.77. The zero-order valence-electron chi connectivity index (χ0n) is 12.6. The number of hydrogen-bond acceptors (Lipinski definition) is 3. The van der Waals surface area contributed by atoms with Gasteiger partial charge >= 0.3 is 5.97 Å². The number of carboxylic acid groups (broad SMARTS) is 1. The Bertz CT molecular complexity index is 949. The molecule has 0 fully saturated rings. The second-order valence-electron chi connectivity index (χ2n) is 5.22. The minimum atomic E-state index is -1.12. The van der Waals surface area contributed by atoms with Crippen molar-refractivity contribution < 1.29 is 19.7 Å². The van der Waals surface area contributed by atoms with Crippen LogP contribution in [-0.4, -0.2) is 27.9 Å². The summed E-state index contributed by atoms with van der Waals surface area (Å²) in [7, 11) is 1.40. The molecule has 0 spiro atoms. The number of ether oxygens (including phenoxy) is 1. The van der Waals surface area contributed by atoms with Gasteiger partial charge in [0.05, 0.1) is 22.7 Å². The molecule has 0 aliphatic rings. The van der Waals surface area contributed by atoms with Gasteiger partial charge in [-0.1, -0.05) is 29.3 Å². The summed E-state index contributed by atoms with van der Waals surface area (Å²) in [6, 6.07) is 9.75. The third-order valence-corrected chi connectivity index (χ3v) is 4.47. The van der Waals surface area contributed by atoms with Gasteiger partial charge in [0, 0.05) is 11.9 Å². The molecule has 0 aliphatic heterocycles. The van der Waals surface area contributed by atoms with Crippen LogP contribution in [0.4, 0.5) is 0 Å². The van der Waals surface area contributed by atoms with Crippen molar-refractivity contribution >= 4 is 40.1 Å². The minimum absolute atomic E-state index is 0.00386. The fraction of sp³-hybridized carbons (Fsp3) is 0.118. The smallest absolute Gasteiger partial charge is 0.356 e. The van der Waals surface area contributed by atoms with Gasteiger partial charge in [-0.25, -0.2) is 4.79 Å². The Kier molecular flexibility index (Phi) is 4.30. The van der Waals surface area contributed by atoms with E-state index >= 15 is 0 Å². The standard InChI is InChI=1S/C17H13Cl2NO4/c1-24-16-11-7-10(21)3-5-14(11)20(15(16)17(22)23)8-9-2-4-12(18)13(19)6-9/h2-7,21H,8H2,1H3,(H,22,23). The quantitative estimate of drug-likeness (QED) is 0.718. The number of carboxylic acids is 1. The molecule has 2 aromatic carbocycles. The lowest BCUT2D eigenvalue weighted by Crippen LogP contribution is -2.10. The monoisotopic (exact) mass is 365 g/mol. The molecule has 0 radical (unpaired) electrons. The molecule has 0 saturated heterocycles. The summed E-state index contributed by atoms with van der Waals surface area (Å²) < 4.78 is 6.88. The zero-order chi connectivity index (χ0) is 17.4. The van der Waals surface area contributed by atoms with Crippen LogP contribution in [0.1, 0.15) is 16.1 Å². The molecule has 0 aliphatic carbocycles. The molecule has 0 amide bonds. The molecule has 7 heteroatoms. The number of benzene rings is 2. The van der Waals surface area contributed by atoms with Gasteiger partial charge < -0.3 is 19.5 Å². The Morgan fingerprint density at radius 2 is 1.92 bits per heavy atom. The van der Waals surface area contributed by atoms with Crippen molar-refractivity contribution in [3.63, 3.8) is 0 Å². The van der Waals surface area contributed by atoms with E-state index in [9.17, 15) is 15.0 Å². The van der Waals surface area contributed by atoms with Gasteiger partial charge in [0.1, 0.15) is 5.75 Å². The van der Waals surface area contributed by atoms with Gasteiger partial charge in [0.25, 0.3) is 0 Å². The van der Waals surface area contributed by atoms with E-state index < -0.39 is 5.97 Å². The van der Waals surface area contributed by atoms with Crippen LogP contribution in [0.2, 0.25) is 10.0 Å². The highest BCUT2D eigenvalue weighted by atomic mass is 35.5. The average molecular weight is 366 g/mol. The molecule has 1 heterocycles. The molecule has 3 aromatic rings. The lowest BCUT2D eigenvalue weighted by Gasteiger charge is -2.10. The van der Waals surface area contributed by atoms with Crippen LogP contribution >= 0.6 is 23.2 Å². The first kappa shape index (κ1) is 16.5. The first-order chi connectivity index (χ1) is 11.4. The number of methoxy groups -OCH3 is 1. The summed E-state index contributed by atoms with van der Waals surface area (Å²) in [5.41, 5.74) is 1.43. The number of fused-ring (bicyclic) bond motifs is 1. The first-order valence-electron chi connectivity index (χ1n) is 6.98. The van der Waals surface area contributed by atoms with Gasteiger partial charge in [0.15, 0.2) is 11.4 Å². The Hall–Kier alpha value is -2.37. The SMILES string of the molecule is COc1c(C(=O)O)n(Cc2ccc(Cl)c(Cl)c2)c2ccc(O)cc12. The van der Waals surface area contributed by atoms with Gasteiger partial charge in [-0.2, -0.15) is 0 Å². The predicted octanol–water partition coefficient (Wildman–Crippen LogP) is 4.41. The number of nitrogens with zero attached hydrogens (tertiary/aromatic N) is 1. The first-order valence-corrected chi connectivity index (χ1v) is 7.74. The number of phenolic OH excluding ortho intramolecular Hbond substituents is 1. The number of phenols is 1. The molecule has 0 unspecified atom stereocenters. The topological polar surface area (TPSA) is 71.7 Å². The summed E-state index contributed by atoms with van der Waals surface area (Å²) in [5, 5.41) is 20.7. The Morgan fingerprint density at radius 1 is 1.17 bits per heavy atom. The fourth-order valence-electron chi connectivity index (χ4n) is 2.72. The van der Waals surface area contributed by atoms with E-state index in [0.717, 1.165) is 5.56 Å².